The third-order valence-corrected chi connectivity index (χ3v) is 4.32. The van der Waals surface area contributed by atoms with Crippen LogP contribution in [0.5, 0.6) is 0 Å². The molecule has 2 rings (SSSR count). The fraction of sp³-hybridized carbons (Fsp3) is 0.360. The monoisotopic (exact) mass is 360 g/mol. The van der Waals surface area contributed by atoms with Crippen LogP contribution < -0.4 is 0 Å². The maximum absolute atomic E-state index is 4.97. The van der Waals surface area contributed by atoms with Gasteiger partial charge in [-0.1, -0.05) is 82.0 Å². The van der Waals surface area contributed by atoms with Gasteiger partial charge in [-0.05, 0) is 49.6 Å². The summed E-state index contributed by atoms with van der Waals surface area (Å²) in [7, 11) is 0. The van der Waals surface area contributed by atoms with Crippen molar-refractivity contribution in [2.75, 3.05) is 0 Å². The summed E-state index contributed by atoms with van der Waals surface area (Å²) in [4.78, 5) is 9.89. The van der Waals surface area contributed by atoms with Gasteiger partial charge in [0, 0.05) is 0 Å². The van der Waals surface area contributed by atoms with E-state index in [2.05, 4.69) is 38.1 Å². The molecule has 0 heterocycles. The third kappa shape index (κ3) is 8.17. The predicted molar refractivity (Wildman–Crippen MR) is 120 cm³/mol. The van der Waals surface area contributed by atoms with Crippen molar-refractivity contribution < 1.29 is 0 Å². The van der Waals surface area contributed by atoms with Crippen LogP contribution in [-0.4, -0.2) is 11.4 Å². The highest BCUT2D eigenvalue weighted by Crippen LogP contribution is 2.17. The number of allylic oxidation sites excluding steroid dienone is 2. The molecule has 0 saturated heterocycles. The van der Waals surface area contributed by atoms with Crippen molar-refractivity contribution in [3.05, 3.63) is 72.8 Å². The van der Waals surface area contributed by atoms with Crippen LogP contribution in [0, 0.1) is 0 Å². The van der Waals surface area contributed by atoms with Crippen LogP contribution in [0.3, 0.4) is 0 Å². The summed E-state index contributed by atoms with van der Waals surface area (Å²) in [5.74, 6) is 0. The topological polar surface area (TPSA) is 24.7 Å². The summed E-state index contributed by atoms with van der Waals surface area (Å²) >= 11 is 0. The second-order valence-corrected chi connectivity index (χ2v) is 6.73. The lowest BCUT2D eigenvalue weighted by Gasteiger charge is -2.08. The third-order valence-electron chi connectivity index (χ3n) is 4.32. The SMILES string of the molecule is CCC/C=C/C(=Nc1ccccc1)C(CCCCCC)=Nc1ccccc1. The van der Waals surface area contributed by atoms with E-state index in [1.54, 1.807) is 0 Å². The Kier molecular flexibility index (Phi) is 9.88. The average Bonchev–Trinajstić information content (AvgIpc) is 2.71. The summed E-state index contributed by atoms with van der Waals surface area (Å²) in [6.45, 7) is 4.44. The fourth-order valence-corrected chi connectivity index (χ4v) is 2.82. The summed E-state index contributed by atoms with van der Waals surface area (Å²) in [6.07, 6.45) is 12.4. The molecule has 0 N–H and O–H groups in total. The van der Waals surface area contributed by atoms with Crippen LogP contribution in [0.15, 0.2) is 82.8 Å². The Bertz CT molecular complexity index is 727. The average molecular weight is 361 g/mol. The van der Waals surface area contributed by atoms with Gasteiger partial charge in [0.1, 0.15) is 0 Å². The first-order valence-corrected chi connectivity index (χ1v) is 10.3. The summed E-state index contributed by atoms with van der Waals surface area (Å²) in [5.41, 5.74) is 4.03. The summed E-state index contributed by atoms with van der Waals surface area (Å²) in [5, 5.41) is 0. The van der Waals surface area contributed by atoms with Crippen LogP contribution in [-0.2, 0) is 0 Å². The highest BCUT2D eigenvalue weighted by molar-refractivity contribution is 6.47. The number of unbranched alkanes of at least 4 members (excludes halogenated alkanes) is 4. The molecule has 0 radical (unpaired) electrons. The minimum absolute atomic E-state index is 0.955. The molecule has 0 bridgehead atoms. The van der Waals surface area contributed by atoms with Crippen molar-refractivity contribution >= 4 is 22.8 Å². The molecule has 0 saturated carbocycles. The smallest absolute Gasteiger partial charge is 0.0848 e. The van der Waals surface area contributed by atoms with E-state index in [-0.39, 0.29) is 0 Å². The Hall–Kier alpha value is -2.48. The molecule has 0 amide bonds. The van der Waals surface area contributed by atoms with Crippen molar-refractivity contribution in [3.8, 4) is 0 Å². The van der Waals surface area contributed by atoms with Gasteiger partial charge in [0.05, 0.1) is 22.8 Å². The van der Waals surface area contributed by atoms with Gasteiger partial charge >= 0.3 is 0 Å². The van der Waals surface area contributed by atoms with E-state index in [9.17, 15) is 0 Å². The number of para-hydroxylation sites is 2. The number of hydrogen-bond donors (Lipinski definition) is 0. The molecule has 142 valence electrons. The van der Waals surface area contributed by atoms with E-state index in [1.807, 2.05) is 48.5 Å². The van der Waals surface area contributed by atoms with E-state index in [0.29, 0.717) is 0 Å². The zero-order valence-electron chi connectivity index (χ0n) is 16.8. The van der Waals surface area contributed by atoms with E-state index in [1.165, 1.54) is 19.3 Å². The number of nitrogens with zero attached hydrogens (tertiary/aromatic N) is 2. The molecule has 0 aliphatic heterocycles. The van der Waals surface area contributed by atoms with Crippen molar-refractivity contribution in [2.24, 2.45) is 9.98 Å². The molecule has 2 aromatic carbocycles. The molecule has 2 heteroatoms. The van der Waals surface area contributed by atoms with Gasteiger partial charge in [0.25, 0.3) is 0 Å². The quantitative estimate of drug-likeness (QED) is 0.288. The van der Waals surface area contributed by atoms with E-state index in [0.717, 1.165) is 48.5 Å². The number of aliphatic imine (C=N–C) groups is 2. The van der Waals surface area contributed by atoms with Gasteiger partial charge < -0.3 is 0 Å². The van der Waals surface area contributed by atoms with Crippen LogP contribution in [0.25, 0.3) is 0 Å². The normalized spacial score (nSPS) is 12.7. The minimum atomic E-state index is 0.955. The zero-order valence-corrected chi connectivity index (χ0v) is 16.8. The zero-order chi connectivity index (χ0) is 19.2. The second kappa shape index (κ2) is 12.8. The summed E-state index contributed by atoms with van der Waals surface area (Å²) in [6, 6.07) is 20.4. The van der Waals surface area contributed by atoms with Crippen molar-refractivity contribution in [2.45, 2.75) is 58.8 Å². The molecule has 0 spiro atoms. The van der Waals surface area contributed by atoms with Gasteiger partial charge in [-0.25, -0.2) is 4.99 Å². The largest absolute Gasteiger partial charge is 0.251 e. The highest BCUT2D eigenvalue weighted by Gasteiger charge is 2.08. The lowest BCUT2D eigenvalue weighted by molar-refractivity contribution is 0.684. The van der Waals surface area contributed by atoms with Crippen LogP contribution in [0.2, 0.25) is 0 Å². The Morgan fingerprint density at radius 2 is 1.37 bits per heavy atom. The number of benzene rings is 2. The Balaban J connectivity index is 2.35. The molecule has 0 aromatic heterocycles. The number of hydrogen-bond acceptors (Lipinski definition) is 2. The molecule has 0 aliphatic carbocycles. The van der Waals surface area contributed by atoms with Crippen molar-refractivity contribution in [1.29, 1.82) is 0 Å². The standard InChI is InChI=1S/C25H32N2/c1-3-5-7-15-21-25(27-23-18-13-9-14-19-23)24(20-10-6-4-2)26-22-16-11-8-12-17-22/h8-14,16-20H,3-7,15,21H2,1-2H3/b20-10+,26-24?,27-25?. The molecule has 0 atom stereocenters. The maximum atomic E-state index is 4.97. The Labute approximate surface area is 164 Å². The van der Waals surface area contributed by atoms with Gasteiger partial charge in [-0.2, -0.15) is 0 Å². The van der Waals surface area contributed by atoms with E-state index < -0.39 is 0 Å². The summed E-state index contributed by atoms with van der Waals surface area (Å²) < 4.78 is 0. The molecule has 0 unspecified atom stereocenters. The van der Waals surface area contributed by atoms with Gasteiger partial charge in [-0.3, -0.25) is 4.99 Å². The fourth-order valence-electron chi connectivity index (χ4n) is 2.82. The van der Waals surface area contributed by atoms with E-state index >= 15 is 0 Å². The van der Waals surface area contributed by atoms with Crippen molar-refractivity contribution in [3.63, 3.8) is 0 Å². The minimum Gasteiger partial charge on any atom is -0.251 e. The molecule has 0 aliphatic rings. The van der Waals surface area contributed by atoms with Crippen LogP contribution in [0.1, 0.15) is 58.8 Å². The van der Waals surface area contributed by atoms with E-state index in [4.69, 9.17) is 9.98 Å². The van der Waals surface area contributed by atoms with Crippen molar-refractivity contribution in [1.82, 2.24) is 0 Å². The highest BCUT2D eigenvalue weighted by atomic mass is 14.8. The first-order valence-electron chi connectivity index (χ1n) is 10.3. The molecule has 2 aromatic rings. The lowest BCUT2D eigenvalue weighted by atomic mass is 10.0. The van der Waals surface area contributed by atoms with Gasteiger partial charge in [0.15, 0.2) is 0 Å². The van der Waals surface area contributed by atoms with Crippen LogP contribution >= 0.6 is 0 Å². The maximum Gasteiger partial charge on any atom is 0.0848 e. The van der Waals surface area contributed by atoms with Gasteiger partial charge in [0.2, 0.25) is 0 Å². The molecular weight excluding hydrogens is 328 g/mol. The molecule has 27 heavy (non-hydrogen) atoms. The predicted octanol–water partition coefficient (Wildman–Crippen LogP) is 7.86. The molecular formula is C25H32N2. The number of rotatable bonds is 11. The Morgan fingerprint density at radius 3 is 1.96 bits per heavy atom. The lowest BCUT2D eigenvalue weighted by Crippen LogP contribution is -2.12. The first kappa shape index (κ1) is 20.8. The second-order valence-electron chi connectivity index (χ2n) is 6.73. The van der Waals surface area contributed by atoms with Crippen LogP contribution in [0.4, 0.5) is 11.4 Å². The Morgan fingerprint density at radius 1 is 0.741 bits per heavy atom. The molecule has 2 nitrogen and oxygen atoms in total. The first-order chi connectivity index (χ1) is 13.3. The molecule has 0 fully saturated rings. The van der Waals surface area contributed by atoms with Gasteiger partial charge in [-0.15, -0.1) is 0 Å².